The number of nitrogens with zero attached hydrogens (tertiary/aromatic N) is 4. The van der Waals surface area contributed by atoms with Crippen molar-refractivity contribution in [2.45, 2.75) is 31.7 Å². The van der Waals surface area contributed by atoms with Crippen LogP contribution in [0.2, 0.25) is 5.02 Å². The van der Waals surface area contributed by atoms with E-state index in [1.807, 2.05) is 18.2 Å². The SMILES string of the molecule is NC(=O)N=C(C=O)Cc1cnn2c(NC3CC3)c3c(nc12)Nc1cc(Cl)ccc1C3. The standard InChI is InChI=1S/C20H18ClN7O2/c21-12-2-1-10-6-15-17(26-16(10)7-12)27-18-11(5-14(9-29)25-20(22)30)8-23-28(18)19(15)24-13-3-4-13/h1-2,7-9,13,24H,3-6H2,(H2,22,30)(H,26,27). The number of nitrogens with two attached hydrogens (primary N) is 1. The van der Waals surface area contributed by atoms with Crippen LogP contribution < -0.4 is 16.4 Å². The molecule has 10 heteroatoms. The normalized spacial score (nSPS) is 15.3. The van der Waals surface area contributed by atoms with E-state index in [1.54, 1.807) is 10.7 Å². The summed E-state index contributed by atoms with van der Waals surface area (Å²) >= 11 is 6.16. The molecule has 5 rings (SSSR count). The van der Waals surface area contributed by atoms with E-state index < -0.39 is 6.03 Å². The lowest BCUT2D eigenvalue weighted by atomic mass is 10.00. The van der Waals surface area contributed by atoms with Crippen LogP contribution in [0, 0.1) is 0 Å². The number of urea groups is 1. The minimum absolute atomic E-state index is 0.0266. The number of primary amides is 1. The van der Waals surface area contributed by atoms with Gasteiger partial charge in [0.15, 0.2) is 11.9 Å². The van der Waals surface area contributed by atoms with E-state index in [0.717, 1.165) is 35.5 Å². The molecule has 0 bridgehead atoms. The predicted octanol–water partition coefficient (Wildman–Crippen LogP) is 2.87. The number of benzene rings is 1. The monoisotopic (exact) mass is 423 g/mol. The van der Waals surface area contributed by atoms with Crippen LogP contribution >= 0.6 is 11.6 Å². The van der Waals surface area contributed by atoms with Crippen LogP contribution in [0.3, 0.4) is 0 Å². The van der Waals surface area contributed by atoms with Crippen molar-refractivity contribution in [1.82, 2.24) is 14.6 Å². The van der Waals surface area contributed by atoms with Gasteiger partial charge in [0.2, 0.25) is 0 Å². The molecular formula is C20H18ClN7O2. The fourth-order valence-corrected chi connectivity index (χ4v) is 3.79. The van der Waals surface area contributed by atoms with Crippen molar-refractivity contribution in [2.24, 2.45) is 10.7 Å². The van der Waals surface area contributed by atoms with E-state index >= 15 is 0 Å². The number of anilines is 3. The van der Waals surface area contributed by atoms with E-state index in [1.165, 1.54) is 0 Å². The largest absolute Gasteiger partial charge is 0.367 e. The van der Waals surface area contributed by atoms with Crippen molar-refractivity contribution in [3.8, 4) is 0 Å². The number of hydrogen-bond donors (Lipinski definition) is 3. The molecule has 152 valence electrons. The first-order valence-corrected chi connectivity index (χ1v) is 9.93. The highest BCUT2D eigenvalue weighted by Crippen LogP contribution is 2.39. The number of amides is 2. The Bertz CT molecular complexity index is 1230. The zero-order valence-electron chi connectivity index (χ0n) is 15.9. The summed E-state index contributed by atoms with van der Waals surface area (Å²) in [6.07, 6.45) is 5.15. The Hall–Kier alpha value is -3.46. The molecule has 2 aliphatic rings. The fraction of sp³-hybridized carbons (Fsp3) is 0.250. The summed E-state index contributed by atoms with van der Waals surface area (Å²) in [6, 6.07) is 5.24. The molecule has 0 saturated heterocycles. The van der Waals surface area contributed by atoms with Crippen LogP contribution in [0.5, 0.6) is 0 Å². The highest BCUT2D eigenvalue weighted by atomic mass is 35.5. The first-order chi connectivity index (χ1) is 14.5. The number of carbonyl (C=O) groups excluding carboxylic acids is 2. The van der Waals surface area contributed by atoms with Gasteiger partial charge in [-0.25, -0.2) is 9.78 Å². The molecule has 4 N–H and O–H groups in total. The lowest BCUT2D eigenvalue weighted by Crippen LogP contribution is -2.17. The van der Waals surface area contributed by atoms with E-state index in [-0.39, 0.29) is 12.1 Å². The number of aromatic nitrogens is 3. The Morgan fingerprint density at radius 3 is 3.00 bits per heavy atom. The molecule has 1 aromatic carbocycles. The van der Waals surface area contributed by atoms with Gasteiger partial charge in [-0.1, -0.05) is 17.7 Å². The van der Waals surface area contributed by atoms with Gasteiger partial charge in [0.05, 0.1) is 11.9 Å². The molecule has 1 aliphatic heterocycles. The molecule has 0 unspecified atom stereocenters. The summed E-state index contributed by atoms with van der Waals surface area (Å²) in [7, 11) is 0. The zero-order valence-corrected chi connectivity index (χ0v) is 16.6. The molecule has 2 aromatic heterocycles. The topological polar surface area (TPSA) is 127 Å². The lowest BCUT2D eigenvalue weighted by molar-refractivity contribution is -0.102. The van der Waals surface area contributed by atoms with Gasteiger partial charge in [-0.3, -0.25) is 4.79 Å². The maximum Gasteiger partial charge on any atom is 0.338 e. The smallest absolute Gasteiger partial charge is 0.338 e. The molecule has 1 fully saturated rings. The molecule has 1 saturated carbocycles. The van der Waals surface area contributed by atoms with Crippen LogP contribution in [0.15, 0.2) is 29.4 Å². The van der Waals surface area contributed by atoms with Gasteiger partial charge in [-0.15, -0.1) is 0 Å². The van der Waals surface area contributed by atoms with Crippen molar-refractivity contribution in [1.29, 1.82) is 0 Å². The summed E-state index contributed by atoms with van der Waals surface area (Å²) < 4.78 is 1.75. The van der Waals surface area contributed by atoms with Crippen molar-refractivity contribution >= 4 is 52.6 Å². The minimum atomic E-state index is -0.912. The molecule has 2 amide bonds. The molecule has 0 atom stereocenters. The van der Waals surface area contributed by atoms with E-state index in [2.05, 4.69) is 20.7 Å². The quantitative estimate of drug-likeness (QED) is 0.334. The minimum Gasteiger partial charge on any atom is -0.367 e. The third-order valence-electron chi connectivity index (χ3n) is 5.19. The number of carbonyl (C=O) groups is 2. The third kappa shape index (κ3) is 3.37. The fourth-order valence-electron chi connectivity index (χ4n) is 3.62. The first-order valence-electron chi connectivity index (χ1n) is 9.55. The van der Waals surface area contributed by atoms with E-state index in [9.17, 15) is 9.59 Å². The summed E-state index contributed by atoms with van der Waals surface area (Å²) in [4.78, 5) is 30.7. The Balaban J connectivity index is 1.63. The molecule has 3 heterocycles. The second kappa shape index (κ2) is 7.10. The van der Waals surface area contributed by atoms with Crippen molar-refractivity contribution < 1.29 is 9.59 Å². The van der Waals surface area contributed by atoms with Crippen LogP contribution in [-0.4, -0.2) is 38.7 Å². The molecule has 30 heavy (non-hydrogen) atoms. The average molecular weight is 424 g/mol. The summed E-state index contributed by atoms with van der Waals surface area (Å²) in [5, 5.41) is 12.1. The zero-order chi connectivity index (χ0) is 20.8. The summed E-state index contributed by atoms with van der Waals surface area (Å²) in [5.41, 5.74) is 9.41. The summed E-state index contributed by atoms with van der Waals surface area (Å²) in [5.74, 6) is 1.58. The van der Waals surface area contributed by atoms with Crippen molar-refractivity contribution in [3.05, 3.63) is 46.1 Å². The first kappa shape index (κ1) is 18.6. The number of aliphatic imine (C=N–C) groups is 1. The molecule has 0 spiro atoms. The summed E-state index contributed by atoms with van der Waals surface area (Å²) in [6.45, 7) is 0. The maximum atomic E-state index is 11.3. The number of rotatable bonds is 5. The van der Waals surface area contributed by atoms with Gasteiger partial charge < -0.3 is 16.4 Å². The second-order valence-corrected chi connectivity index (χ2v) is 7.89. The van der Waals surface area contributed by atoms with Gasteiger partial charge in [0, 0.05) is 40.7 Å². The maximum absolute atomic E-state index is 11.3. The van der Waals surface area contributed by atoms with Crippen molar-refractivity contribution in [2.75, 3.05) is 10.6 Å². The second-order valence-electron chi connectivity index (χ2n) is 7.45. The average Bonchev–Trinajstić information content (AvgIpc) is 3.45. The number of hydrogen-bond acceptors (Lipinski definition) is 6. The van der Waals surface area contributed by atoms with Crippen LogP contribution in [0.1, 0.15) is 29.5 Å². The molecule has 1 aliphatic carbocycles. The number of fused-ring (bicyclic) bond motifs is 3. The van der Waals surface area contributed by atoms with Gasteiger partial charge in [0.1, 0.15) is 11.6 Å². The van der Waals surface area contributed by atoms with Crippen molar-refractivity contribution in [3.63, 3.8) is 0 Å². The van der Waals surface area contributed by atoms with Gasteiger partial charge in [-0.2, -0.15) is 14.6 Å². The molecule has 3 aromatic rings. The Morgan fingerprint density at radius 1 is 1.43 bits per heavy atom. The van der Waals surface area contributed by atoms with Crippen LogP contribution in [0.25, 0.3) is 5.65 Å². The van der Waals surface area contributed by atoms with E-state index in [4.69, 9.17) is 22.3 Å². The molecular weight excluding hydrogens is 406 g/mol. The molecule has 9 nitrogen and oxygen atoms in total. The van der Waals surface area contributed by atoms with E-state index in [0.29, 0.717) is 40.8 Å². The molecule has 0 radical (unpaired) electrons. The Morgan fingerprint density at radius 2 is 2.27 bits per heavy atom. The Kier molecular flexibility index (Phi) is 4.39. The van der Waals surface area contributed by atoms with Crippen LogP contribution in [0.4, 0.5) is 22.1 Å². The highest BCUT2D eigenvalue weighted by Gasteiger charge is 2.28. The lowest BCUT2D eigenvalue weighted by Gasteiger charge is -2.24. The van der Waals surface area contributed by atoms with Gasteiger partial charge in [0.25, 0.3) is 0 Å². The van der Waals surface area contributed by atoms with Crippen LogP contribution in [-0.2, 0) is 17.6 Å². The number of aldehydes is 1. The number of halogens is 1. The highest BCUT2D eigenvalue weighted by molar-refractivity contribution is 6.31. The van der Waals surface area contributed by atoms with Gasteiger partial charge >= 0.3 is 6.03 Å². The Labute approximate surface area is 176 Å². The van der Waals surface area contributed by atoms with Gasteiger partial charge in [-0.05, 0) is 30.5 Å². The number of nitrogens with one attached hydrogen (secondary N) is 2. The third-order valence-corrected chi connectivity index (χ3v) is 5.42. The predicted molar refractivity (Wildman–Crippen MR) is 114 cm³/mol.